The van der Waals surface area contributed by atoms with Gasteiger partial charge in [0.05, 0.1) is 12.2 Å². The molecule has 33 heavy (non-hydrogen) atoms. The van der Waals surface area contributed by atoms with Crippen LogP contribution in [0.15, 0.2) is 12.2 Å². The molecule has 2 heterocycles. The van der Waals surface area contributed by atoms with Crippen LogP contribution in [0.3, 0.4) is 0 Å². The largest absolute Gasteiger partial charge is 0.459 e. The van der Waals surface area contributed by atoms with Crippen LogP contribution in [0.5, 0.6) is 0 Å². The first-order valence-electron chi connectivity index (χ1n) is 12.4. The standard InChI is InChI=1S/C26H42O7/c1-8-9-21(29)33-25(6)11-10-18(28)15(4)12-19-23-22(24(25)32-19)17(14(2)3)13-20(26(23,7)30)31-16(5)27/h14,17-20,22-24,28,30H,4,8-13H2,1-3,5-7H3/t17-,18+,19-,20-,22-,23-,24-,25-,26-/m0/s1. The summed E-state index contributed by atoms with van der Waals surface area (Å²) in [6, 6.07) is 0. The fraction of sp³-hybridized carbons (Fsp3) is 0.846. The minimum absolute atomic E-state index is 0.0939. The molecule has 188 valence electrons. The Labute approximate surface area is 197 Å². The highest BCUT2D eigenvalue weighted by Gasteiger charge is 2.66. The number of esters is 2. The monoisotopic (exact) mass is 466 g/mol. The molecule has 0 aromatic rings. The number of carbonyl (C=O) groups is 2. The van der Waals surface area contributed by atoms with E-state index in [1.165, 1.54) is 6.92 Å². The molecule has 0 unspecified atom stereocenters. The van der Waals surface area contributed by atoms with Gasteiger partial charge in [-0.05, 0) is 63.4 Å². The van der Waals surface area contributed by atoms with E-state index in [0.717, 1.165) is 0 Å². The second-order valence-corrected chi connectivity index (χ2v) is 11.1. The van der Waals surface area contributed by atoms with E-state index in [2.05, 4.69) is 20.4 Å². The summed E-state index contributed by atoms with van der Waals surface area (Å²) in [4.78, 5) is 24.5. The molecule has 0 radical (unpaired) electrons. The van der Waals surface area contributed by atoms with Crippen molar-refractivity contribution in [1.82, 2.24) is 0 Å². The van der Waals surface area contributed by atoms with Crippen molar-refractivity contribution in [2.75, 3.05) is 0 Å². The predicted molar refractivity (Wildman–Crippen MR) is 123 cm³/mol. The van der Waals surface area contributed by atoms with Gasteiger partial charge in [-0.1, -0.05) is 27.4 Å². The van der Waals surface area contributed by atoms with E-state index in [-0.39, 0.29) is 29.6 Å². The van der Waals surface area contributed by atoms with Gasteiger partial charge in [-0.2, -0.15) is 0 Å². The van der Waals surface area contributed by atoms with E-state index in [1.807, 2.05) is 13.8 Å². The lowest BCUT2D eigenvalue weighted by molar-refractivity contribution is -0.199. The van der Waals surface area contributed by atoms with Crippen molar-refractivity contribution in [3.05, 3.63) is 12.2 Å². The first-order valence-corrected chi connectivity index (χ1v) is 12.4. The third-order valence-corrected chi connectivity index (χ3v) is 8.21. The highest BCUT2D eigenvalue weighted by atomic mass is 16.6. The number of ether oxygens (including phenoxy) is 3. The number of rotatable bonds is 5. The van der Waals surface area contributed by atoms with Crippen LogP contribution in [-0.2, 0) is 23.8 Å². The molecule has 7 heteroatoms. The van der Waals surface area contributed by atoms with Gasteiger partial charge in [-0.3, -0.25) is 9.59 Å². The lowest BCUT2D eigenvalue weighted by atomic mass is 9.56. The van der Waals surface area contributed by atoms with E-state index in [0.29, 0.717) is 44.1 Å². The van der Waals surface area contributed by atoms with Gasteiger partial charge >= 0.3 is 11.9 Å². The molecule has 0 amide bonds. The van der Waals surface area contributed by atoms with Gasteiger partial charge in [0.1, 0.15) is 23.4 Å². The van der Waals surface area contributed by atoms with Crippen LogP contribution in [0.1, 0.15) is 80.1 Å². The number of hydrogen-bond donors (Lipinski definition) is 2. The van der Waals surface area contributed by atoms with Gasteiger partial charge < -0.3 is 24.4 Å². The van der Waals surface area contributed by atoms with Gasteiger partial charge in [-0.25, -0.2) is 0 Å². The van der Waals surface area contributed by atoms with Crippen molar-refractivity contribution >= 4 is 11.9 Å². The second-order valence-electron chi connectivity index (χ2n) is 11.1. The maximum Gasteiger partial charge on any atom is 0.306 e. The maximum atomic E-state index is 12.6. The molecule has 2 aliphatic heterocycles. The third-order valence-electron chi connectivity index (χ3n) is 8.21. The lowest BCUT2D eigenvalue weighted by Crippen LogP contribution is -2.61. The zero-order chi connectivity index (χ0) is 24.7. The van der Waals surface area contributed by atoms with E-state index < -0.39 is 41.6 Å². The molecular formula is C26H42O7. The second kappa shape index (κ2) is 9.67. The Kier molecular flexibility index (Phi) is 7.67. The molecule has 2 N–H and O–H groups in total. The Bertz CT molecular complexity index is 760. The third kappa shape index (κ3) is 5.01. The quantitative estimate of drug-likeness (QED) is 0.472. The number of hydrogen-bond acceptors (Lipinski definition) is 7. The van der Waals surface area contributed by atoms with Crippen LogP contribution in [0, 0.1) is 23.7 Å². The summed E-state index contributed by atoms with van der Waals surface area (Å²) >= 11 is 0. The highest BCUT2D eigenvalue weighted by Crippen LogP contribution is 2.57. The minimum Gasteiger partial charge on any atom is -0.459 e. The first kappa shape index (κ1) is 26.2. The van der Waals surface area contributed by atoms with Gasteiger partial charge in [0.15, 0.2) is 0 Å². The summed E-state index contributed by atoms with van der Waals surface area (Å²) in [6.45, 7) is 15.3. The molecule has 3 fully saturated rings. The van der Waals surface area contributed by atoms with Gasteiger partial charge in [0.25, 0.3) is 0 Å². The lowest BCUT2D eigenvalue weighted by Gasteiger charge is -2.52. The van der Waals surface area contributed by atoms with E-state index in [9.17, 15) is 19.8 Å². The summed E-state index contributed by atoms with van der Waals surface area (Å²) in [5.41, 5.74) is -1.64. The first-order chi connectivity index (χ1) is 15.3. The Morgan fingerprint density at radius 1 is 1.30 bits per heavy atom. The fourth-order valence-electron chi connectivity index (χ4n) is 6.51. The van der Waals surface area contributed by atoms with Crippen LogP contribution in [0.25, 0.3) is 0 Å². The summed E-state index contributed by atoms with van der Waals surface area (Å²) in [5, 5.41) is 22.5. The van der Waals surface area contributed by atoms with Crippen molar-refractivity contribution in [2.24, 2.45) is 23.7 Å². The zero-order valence-corrected chi connectivity index (χ0v) is 21.0. The average Bonchev–Trinajstić information content (AvgIpc) is 3.09. The Balaban J connectivity index is 2.10. The Hall–Kier alpha value is -1.44. The summed E-state index contributed by atoms with van der Waals surface area (Å²) < 4.78 is 18.4. The Morgan fingerprint density at radius 3 is 2.55 bits per heavy atom. The van der Waals surface area contributed by atoms with Gasteiger partial charge in [0, 0.05) is 25.2 Å². The van der Waals surface area contributed by atoms with Gasteiger partial charge in [-0.15, -0.1) is 0 Å². The number of aliphatic hydroxyl groups excluding tert-OH is 1. The summed E-state index contributed by atoms with van der Waals surface area (Å²) in [5.74, 6) is -0.830. The highest BCUT2D eigenvalue weighted by molar-refractivity contribution is 5.70. The van der Waals surface area contributed by atoms with E-state index in [4.69, 9.17) is 14.2 Å². The van der Waals surface area contributed by atoms with E-state index in [1.54, 1.807) is 6.92 Å². The molecule has 0 spiro atoms. The molecule has 1 aliphatic carbocycles. The van der Waals surface area contributed by atoms with Crippen LogP contribution in [0.4, 0.5) is 0 Å². The molecule has 2 bridgehead atoms. The van der Waals surface area contributed by atoms with Crippen molar-refractivity contribution < 1.29 is 34.0 Å². The molecule has 3 aliphatic rings. The van der Waals surface area contributed by atoms with Crippen molar-refractivity contribution in [1.29, 1.82) is 0 Å². The molecule has 3 rings (SSSR count). The summed E-state index contributed by atoms with van der Waals surface area (Å²) in [7, 11) is 0. The zero-order valence-electron chi connectivity index (χ0n) is 21.0. The normalized spacial score (nSPS) is 43.3. The number of fused-ring (bicyclic) bond motifs is 5. The number of aliphatic hydroxyl groups is 2. The SMILES string of the molecule is C=C1C[C@@H]2O[C@@H]([C@@H]3[C@H]2[C@@](C)(O)[C@@H](OC(C)=O)C[C@H]3C(C)C)[C@@](C)(OC(=O)CCC)CC[C@H]1O. The fourth-order valence-corrected chi connectivity index (χ4v) is 6.51. The molecule has 0 aromatic heterocycles. The van der Waals surface area contributed by atoms with Crippen LogP contribution in [0.2, 0.25) is 0 Å². The maximum absolute atomic E-state index is 12.6. The van der Waals surface area contributed by atoms with Crippen LogP contribution < -0.4 is 0 Å². The topological polar surface area (TPSA) is 102 Å². The Morgan fingerprint density at radius 2 is 1.97 bits per heavy atom. The smallest absolute Gasteiger partial charge is 0.306 e. The van der Waals surface area contributed by atoms with Crippen molar-refractivity contribution in [3.8, 4) is 0 Å². The predicted octanol–water partition coefficient (Wildman–Crippen LogP) is 3.55. The molecular weight excluding hydrogens is 424 g/mol. The average molecular weight is 467 g/mol. The van der Waals surface area contributed by atoms with Crippen molar-refractivity contribution in [2.45, 2.75) is 116 Å². The summed E-state index contributed by atoms with van der Waals surface area (Å²) in [6.07, 6.45) is 0.491. The molecule has 2 saturated heterocycles. The van der Waals surface area contributed by atoms with Crippen molar-refractivity contribution in [3.63, 3.8) is 0 Å². The van der Waals surface area contributed by atoms with E-state index >= 15 is 0 Å². The van der Waals surface area contributed by atoms with Crippen LogP contribution in [-0.4, -0.2) is 57.8 Å². The van der Waals surface area contributed by atoms with Crippen LogP contribution >= 0.6 is 0 Å². The molecule has 0 aromatic carbocycles. The molecule has 9 atom stereocenters. The molecule has 7 nitrogen and oxygen atoms in total. The van der Waals surface area contributed by atoms with Gasteiger partial charge in [0.2, 0.25) is 0 Å². The minimum atomic E-state index is -1.33. The molecule has 1 saturated carbocycles. The number of carbonyl (C=O) groups excluding carboxylic acids is 2.